The van der Waals surface area contributed by atoms with Gasteiger partial charge >= 0.3 is 0 Å². The topological polar surface area (TPSA) is 83.5 Å². The van der Waals surface area contributed by atoms with Crippen LogP contribution in [0.2, 0.25) is 0 Å². The van der Waals surface area contributed by atoms with Crippen molar-refractivity contribution in [2.24, 2.45) is 5.73 Å². The maximum absolute atomic E-state index is 12.3. The lowest BCUT2D eigenvalue weighted by molar-refractivity contribution is -0.129. The van der Waals surface area contributed by atoms with E-state index >= 15 is 0 Å². The fraction of sp³-hybridized carbons (Fsp3) is 0.971. The number of unbranched alkanes of at least 4 members (excludes halogenated alkanes) is 24. The van der Waals surface area contributed by atoms with Gasteiger partial charge in [-0.2, -0.15) is 0 Å². The Morgan fingerprint density at radius 3 is 1.13 bits per heavy atom. The summed E-state index contributed by atoms with van der Waals surface area (Å²) in [6.45, 7) is 4.53. The Labute approximate surface area is 238 Å². The van der Waals surface area contributed by atoms with Crippen LogP contribution in [0.5, 0.6) is 0 Å². The van der Waals surface area contributed by atoms with Crippen LogP contribution in [0.4, 0.5) is 0 Å². The Kier molecular flexibility index (Phi) is 29.2. The second-order valence-corrected chi connectivity index (χ2v) is 12.1. The molecule has 0 aliphatic rings. The molecule has 0 saturated carbocycles. The van der Waals surface area contributed by atoms with E-state index in [1.807, 2.05) is 0 Å². The number of ketones is 1. The van der Waals surface area contributed by atoms with Crippen molar-refractivity contribution in [1.82, 2.24) is 0 Å². The lowest BCUT2D eigenvalue weighted by atomic mass is 9.95. The third kappa shape index (κ3) is 24.6. The van der Waals surface area contributed by atoms with Gasteiger partial charge in [-0.05, 0) is 12.8 Å². The highest BCUT2D eigenvalue weighted by molar-refractivity contribution is 5.83. The van der Waals surface area contributed by atoms with Crippen LogP contribution in [0, 0.1) is 0 Å². The van der Waals surface area contributed by atoms with Crippen LogP contribution in [-0.2, 0) is 4.79 Å². The third-order valence-electron chi connectivity index (χ3n) is 8.27. The molecule has 0 aromatic carbocycles. The van der Waals surface area contributed by atoms with Gasteiger partial charge in [0.1, 0.15) is 6.10 Å². The molecule has 0 spiro atoms. The van der Waals surface area contributed by atoms with Gasteiger partial charge in [0.2, 0.25) is 0 Å². The van der Waals surface area contributed by atoms with Crippen molar-refractivity contribution in [3.8, 4) is 0 Å². The molecule has 0 rings (SSSR count). The van der Waals surface area contributed by atoms with Gasteiger partial charge in [-0.3, -0.25) is 4.79 Å². The molecular weight excluding hydrogens is 470 g/mol. The standard InChI is InChI=1S/C34H69NO3/c1-3-5-7-9-11-13-15-17-19-21-23-25-27-29-31(36)33(35)34(38)32(37)30-28-26-24-22-20-18-16-14-12-10-8-6-4-2/h31,33-34,36,38H,3-30,35H2,1-2H3/t31-,33+,34?/m1/s1. The number of nitrogens with two attached hydrogens (primary N) is 1. The fourth-order valence-corrected chi connectivity index (χ4v) is 5.45. The summed E-state index contributed by atoms with van der Waals surface area (Å²) < 4.78 is 0. The summed E-state index contributed by atoms with van der Waals surface area (Å²) in [5.74, 6) is -0.204. The zero-order valence-electron chi connectivity index (χ0n) is 25.9. The van der Waals surface area contributed by atoms with Crippen LogP contribution < -0.4 is 5.73 Å². The van der Waals surface area contributed by atoms with Crippen LogP contribution in [0.3, 0.4) is 0 Å². The zero-order valence-corrected chi connectivity index (χ0v) is 25.9. The maximum atomic E-state index is 12.3. The predicted molar refractivity (Wildman–Crippen MR) is 166 cm³/mol. The highest BCUT2D eigenvalue weighted by atomic mass is 16.3. The smallest absolute Gasteiger partial charge is 0.162 e. The largest absolute Gasteiger partial charge is 0.391 e. The van der Waals surface area contributed by atoms with E-state index in [9.17, 15) is 15.0 Å². The Balaban J connectivity index is 3.57. The van der Waals surface area contributed by atoms with Crippen molar-refractivity contribution in [3.63, 3.8) is 0 Å². The summed E-state index contributed by atoms with van der Waals surface area (Å²) in [5.41, 5.74) is 6.03. The molecule has 228 valence electrons. The highest BCUT2D eigenvalue weighted by Crippen LogP contribution is 2.16. The quantitative estimate of drug-likeness (QED) is 0.0766. The van der Waals surface area contributed by atoms with Crippen LogP contribution in [0.15, 0.2) is 0 Å². The molecule has 1 unspecified atom stereocenters. The van der Waals surface area contributed by atoms with Gasteiger partial charge in [-0.25, -0.2) is 0 Å². The van der Waals surface area contributed by atoms with Crippen molar-refractivity contribution in [2.45, 2.75) is 212 Å². The number of hydrogen-bond donors (Lipinski definition) is 3. The summed E-state index contributed by atoms with van der Waals surface area (Å²) in [7, 11) is 0. The van der Waals surface area contributed by atoms with Crippen LogP contribution in [0.25, 0.3) is 0 Å². The Morgan fingerprint density at radius 2 is 0.789 bits per heavy atom. The van der Waals surface area contributed by atoms with E-state index in [0.717, 1.165) is 32.1 Å². The molecular formula is C34H69NO3. The average Bonchev–Trinajstić information content (AvgIpc) is 2.92. The van der Waals surface area contributed by atoms with E-state index in [2.05, 4.69) is 13.8 Å². The van der Waals surface area contributed by atoms with Crippen molar-refractivity contribution in [3.05, 3.63) is 0 Å². The van der Waals surface area contributed by atoms with Crippen molar-refractivity contribution >= 4 is 5.78 Å². The molecule has 0 radical (unpaired) electrons. The Morgan fingerprint density at radius 1 is 0.500 bits per heavy atom. The molecule has 4 nitrogen and oxygen atoms in total. The van der Waals surface area contributed by atoms with Gasteiger partial charge in [0.25, 0.3) is 0 Å². The van der Waals surface area contributed by atoms with E-state index in [0.29, 0.717) is 12.8 Å². The lowest BCUT2D eigenvalue weighted by Gasteiger charge is -2.23. The molecule has 4 heteroatoms. The minimum atomic E-state index is -1.23. The first-order chi connectivity index (χ1) is 18.5. The van der Waals surface area contributed by atoms with Crippen LogP contribution in [-0.4, -0.2) is 34.2 Å². The zero-order chi connectivity index (χ0) is 28.1. The molecule has 0 bridgehead atoms. The molecule has 0 saturated heterocycles. The van der Waals surface area contributed by atoms with Gasteiger partial charge in [0.15, 0.2) is 5.78 Å². The maximum Gasteiger partial charge on any atom is 0.162 e. The minimum absolute atomic E-state index is 0.204. The molecule has 0 aromatic rings. The van der Waals surface area contributed by atoms with E-state index in [4.69, 9.17) is 5.73 Å². The Bertz CT molecular complexity index is 484. The monoisotopic (exact) mass is 540 g/mol. The molecule has 0 fully saturated rings. The third-order valence-corrected chi connectivity index (χ3v) is 8.27. The van der Waals surface area contributed by atoms with E-state index in [1.165, 1.54) is 135 Å². The molecule has 0 heterocycles. The first-order valence-corrected chi connectivity index (χ1v) is 17.2. The summed E-state index contributed by atoms with van der Waals surface area (Å²) in [4.78, 5) is 12.3. The predicted octanol–water partition coefficient (Wildman–Crippen LogP) is 9.57. The summed E-state index contributed by atoms with van der Waals surface area (Å²) in [6, 6.07) is -0.859. The first-order valence-electron chi connectivity index (χ1n) is 17.2. The summed E-state index contributed by atoms with van der Waals surface area (Å²) in [5, 5.41) is 20.7. The van der Waals surface area contributed by atoms with Gasteiger partial charge in [-0.15, -0.1) is 0 Å². The fourth-order valence-electron chi connectivity index (χ4n) is 5.45. The van der Waals surface area contributed by atoms with Crippen molar-refractivity contribution < 1.29 is 15.0 Å². The average molecular weight is 540 g/mol. The SMILES string of the molecule is CCCCCCCCCCCCCCCC(=O)C(O)[C@@H](N)[C@H](O)CCCCCCCCCCCCCCC. The lowest BCUT2D eigenvalue weighted by Crippen LogP contribution is -2.48. The first kappa shape index (κ1) is 37.6. The number of carbonyl (C=O) groups is 1. The molecule has 38 heavy (non-hydrogen) atoms. The van der Waals surface area contributed by atoms with E-state index in [1.54, 1.807) is 0 Å². The van der Waals surface area contributed by atoms with Gasteiger partial charge < -0.3 is 15.9 Å². The van der Waals surface area contributed by atoms with E-state index in [-0.39, 0.29) is 5.78 Å². The molecule has 0 amide bonds. The minimum Gasteiger partial charge on any atom is -0.391 e. The number of Topliss-reactive ketones (excluding diaryl/α,β-unsaturated/α-hetero) is 1. The van der Waals surface area contributed by atoms with E-state index < -0.39 is 18.2 Å². The number of aliphatic hydroxyl groups excluding tert-OH is 2. The number of hydrogen-bond acceptors (Lipinski definition) is 4. The second kappa shape index (κ2) is 29.5. The van der Waals surface area contributed by atoms with Gasteiger partial charge in [0, 0.05) is 6.42 Å². The summed E-state index contributed by atoms with van der Waals surface area (Å²) >= 11 is 0. The molecule has 4 N–H and O–H groups in total. The molecule has 0 aliphatic heterocycles. The van der Waals surface area contributed by atoms with Crippen LogP contribution >= 0.6 is 0 Å². The molecule has 0 aliphatic carbocycles. The normalized spacial score (nSPS) is 14.0. The highest BCUT2D eigenvalue weighted by Gasteiger charge is 2.27. The second-order valence-electron chi connectivity index (χ2n) is 12.1. The summed E-state index contributed by atoms with van der Waals surface area (Å²) in [6.07, 6.45) is 32.2. The Hall–Kier alpha value is -0.450. The van der Waals surface area contributed by atoms with Crippen molar-refractivity contribution in [1.29, 1.82) is 0 Å². The van der Waals surface area contributed by atoms with Gasteiger partial charge in [-0.1, -0.05) is 174 Å². The van der Waals surface area contributed by atoms with Crippen molar-refractivity contribution in [2.75, 3.05) is 0 Å². The number of carbonyl (C=O) groups excluding carboxylic acids is 1. The molecule has 0 aromatic heterocycles. The molecule has 3 atom stereocenters. The number of rotatable bonds is 31. The van der Waals surface area contributed by atoms with Gasteiger partial charge in [0.05, 0.1) is 12.1 Å². The van der Waals surface area contributed by atoms with Crippen LogP contribution in [0.1, 0.15) is 194 Å². The number of aliphatic hydroxyl groups is 2.